The van der Waals surface area contributed by atoms with E-state index in [1.54, 1.807) is 13.3 Å². The minimum Gasteiger partial charge on any atom is -0.467 e. The lowest BCUT2D eigenvalue weighted by atomic mass is 10.3. The van der Waals surface area contributed by atoms with E-state index in [0.717, 1.165) is 30.2 Å². The highest BCUT2D eigenvalue weighted by Crippen LogP contribution is 2.22. The minimum absolute atomic E-state index is 0.308. The molecule has 0 unspecified atom stereocenters. The number of nitrogens with zero attached hydrogens (tertiary/aromatic N) is 6. The highest BCUT2D eigenvalue weighted by atomic mass is 16.5. The van der Waals surface area contributed by atoms with Crippen molar-refractivity contribution in [3.8, 4) is 0 Å². The maximum Gasteiger partial charge on any atom is 0.332 e. The summed E-state index contributed by atoms with van der Waals surface area (Å²) in [7, 11) is 1.67. The third-order valence-corrected chi connectivity index (χ3v) is 6.27. The van der Waals surface area contributed by atoms with Crippen LogP contribution in [0, 0.1) is 13.8 Å². The van der Waals surface area contributed by atoms with Gasteiger partial charge in [-0.3, -0.25) is 23.2 Å². The SMILES string of the molecule is Cc1c(C)n2c3c(=O)n(CCN4CCOCC4)c(=O)n(C)c3nc2n1Cc1ccco1. The second kappa shape index (κ2) is 7.54. The Balaban J connectivity index is 1.65. The van der Waals surface area contributed by atoms with E-state index < -0.39 is 0 Å². The van der Waals surface area contributed by atoms with Gasteiger partial charge in [0.05, 0.1) is 26.0 Å². The Labute approximate surface area is 177 Å². The predicted octanol–water partition coefficient (Wildman–Crippen LogP) is 0.740. The van der Waals surface area contributed by atoms with Crippen molar-refractivity contribution in [3.63, 3.8) is 0 Å². The van der Waals surface area contributed by atoms with Crippen LogP contribution >= 0.6 is 0 Å². The van der Waals surface area contributed by atoms with Crippen LogP contribution in [0.25, 0.3) is 16.9 Å². The number of rotatable bonds is 5. The number of furan rings is 1. The molecule has 31 heavy (non-hydrogen) atoms. The molecule has 0 aromatic carbocycles. The first kappa shape index (κ1) is 19.8. The largest absolute Gasteiger partial charge is 0.467 e. The molecule has 0 aliphatic carbocycles. The average Bonchev–Trinajstić information content (AvgIpc) is 3.48. The van der Waals surface area contributed by atoms with E-state index in [9.17, 15) is 9.59 Å². The third-order valence-electron chi connectivity index (χ3n) is 6.27. The fourth-order valence-corrected chi connectivity index (χ4v) is 4.33. The van der Waals surface area contributed by atoms with E-state index in [4.69, 9.17) is 14.1 Å². The Kier molecular flexibility index (Phi) is 4.82. The number of ether oxygens (including phenoxy) is 1. The van der Waals surface area contributed by atoms with Gasteiger partial charge in [0.15, 0.2) is 11.2 Å². The standard InChI is InChI=1S/C21H26N6O4/c1-14-15(2)27-17-18(22-20(27)26(14)13-16-5-4-10-31-16)23(3)21(29)25(19(17)28)7-6-24-8-11-30-12-9-24/h4-5,10H,6-9,11-13H2,1-3H3. The van der Waals surface area contributed by atoms with E-state index in [2.05, 4.69) is 4.90 Å². The summed E-state index contributed by atoms with van der Waals surface area (Å²) in [5, 5.41) is 0. The smallest absolute Gasteiger partial charge is 0.332 e. The van der Waals surface area contributed by atoms with Gasteiger partial charge in [-0.15, -0.1) is 0 Å². The number of hydrogen-bond donors (Lipinski definition) is 0. The molecule has 1 aliphatic heterocycles. The molecule has 5 rings (SSSR count). The zero-order chi connectivity index (χ0) is 21.7. The van der Waals surface area contributed by atoms with E-state index in [1.165, 1.54) is 9.13 Å². The second-order valence-corrected chi connectivity index (χ2v) is 8.01. The Bertz CT molecular complexity index is 1370. The van der Waals surface area contributed by atoms with Gasteiger partial charge < -0.3 is 13.7 Å². The molecule has 4 aromatic rings. The Morgan fingerprint density at radius 2 is 1.84 bits per heavy atom. The van der Waals surface area contributed by atoms with E-state index >= 15 is 0 Å². The predicted molar refractivity (Wildman–Crippen MR) is 115 cm³/mol. The lowest BCUT2D eigenvalue weighted by Gasteiger charge is -2.26. The van der Waals surface area contributed by atoms with Gasteiger partial charge in [0.1, 0.15) is 5.76 Å². The molecule has 0 bridgehead atoms. The van der Waals surface area contributed by atoms with Gasteiger partial charge in [0.2, 0.25) is 5.78 Å². The van der Waals surface area contributed by atoms with Gasteiger partial charge in [0, 0.05) is 44.6 Å². The first-order chi connectivity index (χ1) is 15.0. The monoisotopic (exact) mass is 426 g/mol. The molecule has 10 nitrogen and oxygen atoms in total. The summed E-state index contributed by atoms with van der Waals surface area (Å²) in [5.41, 5.74) is 2.07. The minimum atomic E-state index is -0.349. The number of hydrogen-bond acceptors (Lipinski definition) is 6. The summed E-state index contributed by atoms with van der Waals surface area (Å²) in [5.74, 6) is 1.42. The highest BCUT2D eigenvalue weighted by molar-refractivity contribution is 5.76. The molecule has 1 saturated heterocycles. The summed E-state index contributed by atoms with van der Waals surface area (Å²) < 4.78 is 17.6. The molecule has 4 aromatic heterocycles. The zero-order valence-corrected chi connectivity index (χ0v) is 18.0. The van der Waals surface area contributed by atoms with Crippen LogP contribution in [0.1, 0.15) is 17.1 Å². The van der Waals surface area contributed by atoms with Crippen molar-refractivity contribution in [1.82, 2.24) is 28.0 Å². The quantitative estimate of drug-likeness (QED) is 0.468. The van der Waals surface area contributed by atoms with Crippen LogP contribution < -0.4 is 11.2 Å². The van der Waals surface area contributed by atoms with Crippen molar-refractivity contribution in [2.45, 2.75) is 26.9 Å². The van der Waals surface area contributed by atoms with Gasteiger partial charge in [-0.05, 0) is 26.0 Å². The van der Waals surface area contributed by atoms with Crippen molar-refractivity contribution in [2.24, 2.45) is 7.05 Å². The number of morpholine rings is 1. The maximum absolute atomic E-state index is 13.5. The highest BCUT2D eigenvalue weighted by Gasteiger charge is 2.23. The molecule has 0 amide bonds. The second-order valence-electron chi connectivity index (χ2n) is 8.01. The molecule has 1 fully saturated rings. The average molecular weight is 426 g/mol. The fraction of sp³-hybridized carbons (Fsp3) is 0.476. The summed E-state index contributed by atoms with van der Waals surface area (Å²) in [4.78, 5) is 33.3. The summed E-state index contributed by atoms with van der Waals surface area (Å²) in [6.45, 7) is 8.39. The van der Waals surface area contributed by atoms with Gasteiger partial charge in [0.25, 0.3) is 5.56 Å². The van der Waals surface area contributed by atoms with Crippen LogP contribution in [0.3, 0.4) is 0 Å². The van der Waals surface area contributed by atoms with Crippen molar-refractivity contribution < 1.29 is 9.15 Å². The topological polar surface area (TPSA) is 91.8 Å². The van der Waals surface area contributed by atoms with Crippen molar-refractivity contribution in [1.29, 1.82) is 0 Å². The van der Waals surface area contributed by atoms with Crippen molar-refractivity contribution >= 4 is 16.9 Å². The first-order valence-corrected chi connectivity index (χ1v) is 10.5. The van der Waals surface area contributed by atoms with Gasteiger partial charge >= 0.3 is 5.69 Å². The molecular formula is C21H26N6O4. The lowest BCUT2D eigenvalue weighted by molar-refractivity contribution is 0.0361. The molecule has 164 valence electrons. The molecule has 0 atom stereocenters. The third kappa shape index (κ3) is 3.14. The number of aryl methyl sites for hydroxylation is 2. The van der Waals surface area contributed by atoms with Gasteiger partial charge in [-0.2, -0.15) is 4.98 Å². The lowest BCUT2D eigenvalue weighted by Crippen LogP contribution is -2.44. The normalized spacial score (nSPS) is 15.5. The zero-order valence-electron chi connectivity index (χ0n) is 18.0. The molecule has 0 spiro atoms. The molecule has 5 heterocycles. The summed E-state index contributed by atoms with van der Waals surface area (Å²) >= 11 is 0. The fourth-order valence-electron chi connectivity index (χ4n) is 4.33. The van der Waals surface area contributed by atoms with Crippen LogP contribution in [0.15, 0.2) is 32.4 Å². The van der Waals surface area contributed by atoms with Crippen molar-refractivity contribution in [3.05, 3.63) is 56.4 Å². The number of fused-ring (bicyclic) bond motifs is 3. The molecule has 0 radical (unpaired) electrons. The van der Waals surface area contributed by atoms with E-state index in [0.29, 0.717) is 49.8 Å². The maximum atomic E-state index is 13.5. The van der Waals surface area contributed by atoms with Crippen LogP contribution in [-0.4, -0.2) is 60.8 Å². The van der Waals surface area contributed by atoms with Crippen LogP contribution in [0.5, 0.6) is 0 Å². The van der Waals surface area contributed by atoms with Crippen molar-refractivity contribution in [2.75, 3.05) is 32.8 Å². The molecule has 10 heteroatoms. The van der Waals surface area contributed by atoms with Crippen LogP contribution in [0.2, 0.25) is 0 Å². The van der Waals surface area contributed by atoms with Crippen LogP contribution in [-0.2, 0) is 24.9 Å². The molecular weight excluding hydrogens is 400 g/mol. The summed E-state index contributed by atoms with van der Waals surface area (Å²) in [6, 6.07) is 3.75. The molecule has 0 N–H and O–H groups in total. The van der Waals surface area contributed by atoms with Gasteiger partial charge in [-0.1, -0.05) is 0 Å². The first-order valence-electron chi connectivity index (χ1n) is 10.5. The van der Waals surface area contributed by atoms with E-state index in [-0.39, 0.29) is 11.2 Å². The Morgan fingerprint density at radius 1 is 1.06 bits per heavy atom. The van der Waals surface area contributed by atoms with E-state index in [1.807, 2.05) is 34.9 Å². The Hall–Kier alpha value is -3.11. The summed E-state index contributed by atoms with van der Waals surface area (Å²) in [6.07, 6.45) is 1.64. The Morgan fingerprint density at radius 3 is 2.55 bits per heavy atom. The molecule has 0 saturated carbocycles. The molecule has 1 aliphatic rings. The number of aromatic nitrogens is 5. The number of imidazole rings is 2. The van der Waals surface area contributed by atoms with Crippen LogP contribution in [0.4, 0.5) is 0 Å². The van der Waals surface area contributed by atoms with Gasteiger partial charge in [-0.25, -0.2) is 4.79 Å².